The van der Waals surface area contributed by atoms with E-state index in [1.54, 1.807) is 59.0 Å². The molecule has 6 atom stereocenters. The molecule has 6 amide bonds. The molecule has 48 heavy (non-hydrogen) atoms. The smallest absolute Gasteiger partial charge is 0.256 e. The van der Waals surface area contributed by atoms with Crippen molar-refractivity contribution >= 4 is 41.1 Å². The van der Waals surface area contributed by atoms with Crippen LogP contribution < -0.4 is 21.3 Å². The highest BCUT2D eigenvalue weighted by Crippen LogP contribution is 2.26. The van der Waals surface area contributed by atoms with Gasteiger partial charge in [0, 0.05) is 13.6 Å². The monoisotopic (exact) mass is 668 g/mol. The van der Waals surface area contributed by atoms with Crippen molar-refractivity contribution < 1.29 is 28.8 Å². The number of rotatable bonds is 6. The number of anilines is 1. The molecule has 266 valence electrons. The normalized spacial score (nSPS) is 26.1. The average molecular weight is 669 g/mol. The Kier molecular flexibility index (Phi) is 13.6. The number of fused-ring (bicyclic) bond motifs is 2. The Balaban J connectivity index is 2.17. The van der Waals surface area contributed by atoms with Gasteiger partial charge in [-0.3, -0.25) is 28.8 Å². The van der Waals surface area contributed by atoms with Crippen LogP contribution in [0.15, 0.2) is 24.3 Å². The van der Waals surface area contributed by atoms with Crippen LogP contribution in [0.1, 0.15) is 97.9 Å². The van der Waals surface area contributed by atoms with Gasteiger partial charge >= 0.3 is 0 Å². The predicted molar refractivity (Wildman–Crippen MR) is 185 cm³/mol. The minimum atomic E-state index is -1.00. The molecule has 4 N–H and O–H groups in total. The van der Waals surface area contributed by atoms with Gasteiger partial charge in [0.25, 0.3) is 5.91 Å². The van der Waals surface area contributed by atoms with Gasteiger partial charge in [-0.05, 0) is 61.5 Å². The lowest BCUT2D eigenvalue weighted by Crippen LogP contribution is -2.61. The number of amides is 6. The summed E-state index contributed by atoms with van der Waals surface area (Å²) in [5.41, 5.74) is 0.484. The number of carbonyl (C=O) groups is 6. The highest BCUT2D eigenvalue weighted by Gasteiger charge is 2.41. The summed E-state index contributed by atoms with van der Waals surface area (Å²) < 4.78 is 0. The first-order valence-electron chi connectivity index (χ1n) is 17.5. The molecular formula is C36H56N6O6. The third kappa shape index (κ3) is 9.14. The first kappa shape index (κ1) is 38.5. The predicted octanol–water partition coefficient (Wildman–Crippen LogP) is 3.32. The Morgan fingerprint density at radius 1 is 0.750 bits per heavy atom. The van der Waals surface area contributed by atoms with Gasteiger partial charge in [0.15, 0.2) is 0 Å². The lowest BCUT2D eigenvalue weighted by Gasteiger charge is -2.39. The van der Waals surface area contributed by atoms with E-state index in [0.717, 1.165) is 6.42 Å². The van der Waals surface area contributed by atoms with Crippen molar-refractivity contribution in [3.63, 3.8) is 0 Å². The van der Waals surface area contributed by atoms with Gasteiger partial charge in [0.05, 0.1) is 11.3 Å². The number of para-hydroxylation sites is 1. The first-order chi connectivity index (χ1) is 22.6. The molecule has 0 aliphatic carbocycles. The Morgan fingerprint density at radius 2 is 1.31 bits per heavy atom. The largest absolute Gasteiger partial charge is 0.342 e. The lowest BCUT2D eigenvalue weighted by molar-refractivity contribution is -0.144. The molecule has 12 heteroatoms. The number of nitrogens with zero attached hydrogens (tertiary/aromatic N) is 2. The second-order valence-corrected chi connectivity index (χ2v) is 14.5. The SMILES string of the molecule is CC[C@H](C)C1NC(=O)C(CC(C)C)N(C)C(=O)[C@@H]2CCCCN2C(=O)c2ccccc2NC(=O)C(C(C)C)NC(=O)[C@H](C(C)C)NC1=O. The molecule has 3 unspecified atom stereocenters. The van der Waals surface area contributed by atoms with Crippen LogP contribution in [-0.4, -0.2) is 89.0 Å². The Labute approximate surface area is 285 Å². The molecule has 0 aromatic heterocycles. The average Bonchev–Trinajstić information content (AvgIpc) is 3.05. The number of nitrogens with one attached hydrogen (secondary N) is 4. The minimum Gasteiger partial charge on any atom is -0.342 e. The molecule has 1 saturated heterocycles. The summed E-state index contributed by atoms with van der Waals surface area (Å²) in [5.74, 6) is -3.75. The Hall–Kier alpha value is -3.96. The van der Waals surface area contributed by atoms with E-state index in [9.17, 15) is 28.8 Å². The fourth-order valence-corrected chi connectivity index (χ4v) is 6.36. The Morgan fingerprint density at radius 3 is 1.90 bits per heavy atom. The van der Waals surface area contributed by atoms with Crippen LogP contribution >= 0.6 is 0 Å². The summed E-state index contributed by atoms with van der Waals surface area (Å²) >= 11 is 0. The second kappa shape index (κ2) is 16.9. The maximum Gasteiger partial charge on any atom is 0.256 e. The number of hydrogen-bond donors (Lipinski definition) is 4. The second-order valence-electron chi connectivity index (χ2n) is 14.5. The molecule has 1 aromatic carbocycles. The van der Waals surface area contributed by atoms with Gasteiger partial charge in [-0.2, -0.15) is 0 Å². The molecule has 3 rings (SSSR count). The summed E-state index contributed by atoms with van der Waals surface area (Å²) in [6, 6.07) is 1.94. The zero-order valence-electron chi connectivity index (χ0n) is 30.1. The molecule has 2 aliphatic rings. The quantitative estimate of drug-likeness (QED) is 0.365. The number of benzene rings is 1. The fraction of sp³-hybridized carbons (Fsp3) is 0.667. The first-order valence-corrected chi connectivity index (χ1v) is 17.5. The zero-order chi connectivity index (χ0) is 35.9. The lowest BCUT2D eigenvalue weighted by atomic mass is 9.94. The molecular weight excluding hydrogens is 612 g/mol. The molecule has 1 aromatic rings. The van der Waals surface area contributed by atoms with Gasteiger partial charge in [0.1, 0.15) is 30.2 Å². The summed E-state index contributed by atoms with van der Waals surface area (Å²) in [6.45, 7) is 15.2. The third-order valence-electron chi connectivity index (χ3n) is 9.56. The maximum atomic E-state index is 14.2. The van der Waals surface area contributed by atoms with E-state index in [4.69, 9.17) is 0 Å². The van der Waals surface area contributed by atoms with Crippen molar-refractivity contribution in [1.82, 2.24) is 25.8 Å². The van der Waals surface area contributed by atoms with E-state index >= 15 is 0 Å². The van der Waals surface area contributed by atoms with Gasteiger partial charge < -0.3 is 31.1 Å². The Bertz CT molecular complexity index is 1350. The molecule has 12 nitrogen and oxygen atoms in total. The summed E-state index contributed by atoms with van der Waals surface area (Å²) in [5, 5.41) is 11.4. The summed E-state index contributed by atoms with van der Waals surface area (Å²) in [6.07, 6.45) is 2.77. The minimum absolute atomic E-state index is 0.0379. The third-order valence-corrected chi connectivity index (χ3v) is 9.56. The molecule has 1 fully saturated rings. The van der Waals surface area contributed by atoms with Crippen molar-refractivity contribution in [1.29, 1.82) is 0 Å². The van der Waals surface area contributed by atoms with E-state index in [1.807, 2.05) is 27.7 Å². The van der Waals surface area contributed by atoms with Gasteiger partial charge in [-0.25, -0.2) is 0 Å². The van der Waals surface area contributed by atoms with Crippen LogP contribution in [0.2, 0.25) is 0 Å². The molecule has 0 spiro atoms. The van der Waals surface area contributed by atoms with Crippen molar-refractivity contribution in [3.8, 4) is 0 Å². The van der Waals surface area contributed by atoms with Crippen molar-refractivity contribution in [2.24, 2.45) is 23.7 Å². The van der Waals surface area contributed by atoms with Crippen LogP contribution in [0.4, 0.5) is 5.69 Å². The van der Waals surface area contributed by atoms with E-state index < -0.39 is 59.7 Å². The number of likely N-dealkylation sites (N-methyl/N-ethyl adjacent to an activating group) is 1. The van der Waals surface area contributed by atoms with Crippen LogP contribution in [0, 0.1) is 23.7 Å². The molecule has 0 radical (unpaired) electrons. The van der Waals surface area contributed by atoms with E-state index in [2.05, 4.69) is 21.3 Å². The van der Waals surface area contributed by atoms with E-state index in [1.165, 1.54) is 9.80 Å². The number of hydrogen-bond acceptors (Lipinski definition) is 6. The summed E-state index contributed by atoms with van der Waals surface area (Å²) in [4.78, 5) is 86.7. The molecule has 2 heterocycles. The maximum absolute atomic E-state index is 14.2. The highest BCUT2D eigenvalue weighted by atomic mass is 16.2. The molecule has 2 aliphatic heterocycles. The number of piperidine rings is 1. The van der Waals surface area contributed by atoms with Crippen LogP contribution in [-0.2, 0) is 24.0 Å². The summed E-state index contributed by atoms with van der Waals surface area (Å²) in [7, 11) is 1.58. The van der Waals surface area contributed by atoms with Gasteiger partial charge in [0.2, 0.25) is 29.5 Å². The fourth-order valence-electron chi connectivity index (χ4n) is 6.36. The van der Waals surface area contributed by atoms with Crippen LogP contribution in [0.3, 0.4) is 0 Å². The topological polar surface area (TPSA) is 157 Å². The highest BCUT2D eigenvalue weighted by molar-refractivity contribution is 6.07. The van der Waals surface area contributed by atoms with Gasteiger partial charge in [-0.1, -0.05) is 73.9 Å². The van der Waals surface area contributed by atoms with Crippen molar-refractivity contribution in [3.05, 3.63) is 29.8 Å². The molecule has 0 bridgehead atoms. The van der Waals surface area contributed by atoms with Gasteiger partial charge in [-0.15, -0.1) is 0 Å². The van der Waals surface area contributed by atoms with E-state index in [0.29, 0.717) is 32.2 Å². The zero-order valence-corrected chi connectivity index (χ0v) is 30.1. The van der Waals surface area contributed by atoms with Crippen molar-refractivity contribution in [2.45, 2.75) is 118 Å². The molecule has 0 saturated carbocycles. The van der Waals surface area contributed by atoms with E-state index in [-0.39, 0.29) is 40.8 Å². The number of carbonyl (C=O) groups excluding carboxylic acids is 6. The van der Waals surface area contributed by atoms with Crippen LogP contribution in [0.25, 0.3) is 0 Å². The van der Waals surface area contributed by atoms with Crippen molar-refractivity contribution in [2.75, 3.05) is 18.9 Å². The standard InChI is InChI=1S/C36H56N6O6/c1-10-23(8)30-34(46)39-29(22(6)7)33(45)38-28(21(4)5)32(44)37-25-16-12-11-15-24(25)35(47)42-18-14-13-17-26(42)36(48)41(9)27(19-20(2)3)31(43)40-30/h11-12,15-16,20-23,26-30H,10,13-14,17-19H2,1-9H3,(H,37,44)(H,38,45)(H,39,46)(H,40,43)/t23-,26-,27?,28?,29-,30?/m0/s1. The van der Waals surface area contributed by atoms with Crippen LogP contribution in [0.5, 0.6) is 0 Å².